The van der Waals surface area contributed by atoms with E-state index in [4.69, 9.17) is 0 Å². The zero-order chi connectivity index (χ0) is 9.97. The van der Waals surface area contributed by atoms with Gasteiger partial charge in [0.25, 0.3) is 5.91 Å². The molecule has 0 spiro atoms. The van der Waals surface area contributed by atoms with Crippen LogP contribution >= 0.6 is 11.8 Å². The van der Waals surface area contributed by atoms with Crippen LogP contribution in [0.2, 0.25) is 0 Å². The molecular formula is C9H14N2O2S. The van der Waals surface area contributed by atoms with E-state index in [-0.39, 0.29) is 11.1 Å². The third-order valence-electron chi connectivity index (χ3n) is 2.59. The molecule has 0 N–H and O–H groups in total. The summed E-state index contributed by atoms with van der Waals surface area (Å²) in [5.41, 5.74) is 0. The quantitative estimate of drug-likeness (QED) is 0.663. The molecular weight excluding hydrogens is 200 g/mol. The lowest BCUT2D eigenvalue weighted by Gasteiger charge is -2.27. The van der Waals surface area contributed by atoms with Gasteiger partial charge in [0.15, 0.2) is 0 Å². The van der Waals surface area contributed by atoms with Crippen LogP contribution < -0.4 is 0 Å². The van der Waals surface area contributed by atoms with Crippen molar-refractivity contribution in [2.75, 3.05) is 18.8 Å². The molecule has 78 valence electrons. The molecule has 2 rings (SSSR count). The lowest BCUT2D eigenvalue weighted by Crippen LogP contribution is -2.46. The van der Waals surface area contributed by atoms with Gasteiger partial charge in [-0.15, -0.1) is 0 Å². The third-order valence-corrected chi connectivity index (χ3v) is 3.40. The summed E-state index contributed by atoms with van der Waals surface area (Å²) in [6.07, 6.45) is 4.59. The number of hydrazine groups is 1. The van der Waals surface area contributed by atoms with Gasteiger partial charge >= 0.3 is 5.24 Å². The minimum Gasteiger partial charge on any atom is -0.272 e. The standard InChI is InChI=1S/C9H14N2O2S/c12-8-7-14-9(13)11(8)10-5-3-1-2-4-6-10/h1-7H2. The van der Waals surface area contributed by atoms with Crippen molar-refractivity contribution in [3.05, 3.63) is 0 Å². The smallest absolute Gasteiger partial charge is 0.272 e. The molecule has 0 aliphatic carbocycles. The topological polar surface area (TPSA) is 40.6 Å². The molecule has 4 nitrogen and oxygen atoms in total. The number of hydrogen-bond donors (Lipinski definition) is 0. The van der Waals surface area contributed by atoms with Crippen LogP contribution in [0.25, 0.3) is 0 Å². The minimum atomic E-state index is -0.100. The molecule has 0 aromatic heterocycles. The van der Waals surface area contributed by atoms with Gasteiger partial charge in [0.05, 0.1) is 5.75 Å². The van der Waals surface area contributed by atoms with E-state index in [1.165, 1.54) is 17.9 Å². The molecule has 0 atom stereocenters. The van der Waals surface area contributed by atoms with Crippen molar-refractivity contribution in [1.29, 1.82) is 0 Å². The van der Waals surface area contributed by atoms with E-state index in [1.54, 1.807) is 0 Å². The first-order valence-electron chi connectivity index (χ1n) is 5.03. The molecule has 5 heteroatoms. The molecule has 0 radical (unpaired) electrons. The normalized spacial score (nSPS) is 25.6. The largest absolute Gasteiger partial charge is 0.303 e. The summed E-state index contributed by atoms with van der Waals surface area (Å²) < 4.78 is 0. The Morgan fingerprint density at radius 3 is 2.14 bits per heavy atom. The number of amides is 2. The maximum Gasteiger partial charge on any atom is 0.303 e. The Kier molecular flexibility index (Phi) is 3.08. The predicted molar refractivity (Wildman–Crippen MR) is 54.7 cm³/mol. The van der Waals surface area contributed by atoms with Gasteiger partial charge in [-0.3, -0.25) is 9.59 Å². The van der Waals surface area contributed by atoms with Crippen LogP contribution in [0.15, 0.2) is 0 Å². The molecule has 2 fully saturated rings. The molecule has 2 saturated heterocycles. The van der Waals surface area contributed by atoms with E-state index < -0.39 is 0 Å². The molecule has 2 amide bonds. The number of thioether (sulfide) groups is 1. The van der Waals surface area contributed by atoms with E-state index in [9.17, 15) is 9.59 Å². The van der Waals surface area contributed by atoms with Gasteiger partial charge in [0.2, 0.25) is 0 Å². The van der Waals surface area contributed by atoms with Gasteiger partial charge in [-0.05, 0) is 12.8 Å². The third kappa shape index (κ3) is 1.93. The molecule has 14 heavy (non-hydrogen) atoms. The summed E-state index contributed by atoms with van der Waals surface area (Å²) >= 11 is 1.11. The van der Waals surface area contributed by atoms with Crippen LogP contribution in [-0.2, 0) is 4.79 Å². The first kappa shape index (κ1) is 9.98. The SMILES string of the molecule is O=C1CSC(=O)N1N1CCCCCC1. The minimum absolute atomic E-state index is 0.0538. The van der Waals surface area contributed by atoms with Gasteiger partial charge in [0, 0.05) is 13.1 Å². The van der Waals surface area contributed by atoms with E-state index in [0.29, 0.717) is 5.75 Å². The van der Waals surface area contributed by atoms with Crippen LogP contribution in [0.3, 0.4) is 0 Å². The van der Waals surface area contributed by atoms with Crippen molar-refractivity contribution < 1.29 is 9.59 Å². The molecule has 0 saturated carbocycles. The van der Waals surface area contributed by atoms with Crippen molar-refractivity contribution in [3.63, 3.8) is 0 Å². The Hall–Kier alpha value is -0.550. The number of hydrogen-bond acceptors (Lipinski definition) is 4. The van der Waals surface area contributed by atoms with Gasteiger partial charge in [0.1, 0.15) is 0 Å². The summed E-state index contributed by atoms with van der Waals surface area (Å²) in [5.74, 6) is 0.261. The van der Waals surface area contributed by atoms with E-state index >= 15 is 0 Å². The summed E-state index contributed by atoms with van der Waals surface area (Å²) in [4.78, 5) is 22.9. The summed E-state index contributed by atoms with van der Waals surface area (Å²) in [6.45, 7) is 1.69. The number of nitrogens with zero attached hydrogens (tertiary/aromatic N) is 2. The molecule has 0 bridgehead atoms. The van der Waals surface area contributed by atoms with E-state index in [2.05, 4.69) is 0 Å². The lowest BCUT2D eigenvalue weighted by molar-refractivity contribution is -0.136. The van der Waals surface area contributed by atoms with Crippen LogP contribution in [-0.4, -0.2) is 40.0 Å². The van der Waals surface area contributed by atoms with E-state index in [0.717, 1.165) is 37.7 Å². The molecule has 0 aromatic rings. The highest BCUT2D eigenvalue weighted by atomic mass is 32.2. The van der Waals surface area contributed by atoms with Crippen molar-refractivity contribution in [3.8, 4) is 0 Å². The summed E-state index contributed by atoms with van der Waals surface area (Å²) in [7, 11) is 0. The fraction of sp³-hybridized carbons (Fsp3) is 0.778. The Balaban J connectivity index is 2.04. The molecule has 0 aromatic carbocycles. The zero-order valence-corrected chi connectivity index (χ0v) is 8.89. The monoisotopic (exact) mass is 214 g/mol. The van der Waals surface area contributed by atoms with Gasteiger partial charge < -0.3 is 0 Å². The lowest BCUT2D eigenvalue weighted by atomic mass is 10.2. The number of rotatable bonds is 1. The second kappa shape index (κ2) is 4.31. The van der Waals surface area contributed by atoms with E-state index in [1.807, 2.05) is 5.01 Å². The predicted octanol–water partition coefficient (Wildman–Crippen LogP) is 1.47. The number of carbonyl (C=O) groups excluding carboxylic acids is 2. The maximum absolute atomic E-state index is 11.4. The Bertz CT molecular complexity index is 233. The number of imide groups is 1. The van der Waals surface area contributed by atoms with Crippen molar-refractivity contribution in [2.24, 2.45) is 0 Å². The fourth-order valence-electron chi connectivity index (χ4n) is 1.87. The molecule has 2 aliphatic rings. The first-order chi connectivity index (χ1) is 6.79. The Morgan fingerprint density at radius 1 is 1.00 bits per heavy atom. The zero-order valence-electron chi connectivity index (χ0n) is 8.07. The number of carbonyl (C=O) groups is 2. The highest BCUT2D eigenvalue weighted by Gasteiger charge is 2.34. The Morgan fingerprint density at radius 2 is 1.64 bits per heavy atom. The van der Waals surface area contributed by atoms with Crippen LogP contribution in [0.4, 0.5) is 4.79 Å². The second-order valence-corrected chi connectivity index (χ2v) is 4.55. The van der Waals surface area contributed by atoms with Gasteiger partial charge in [-0.2, -0.15) is 5.01 Å². The fourth-order valence-corrected chi connectivity index (χ4v) is 2.58. The highest BCUT2D eigenvalue weighted by molar-refractivity contribution is 8.14. The molecule has 0 unspecified atom stereocenters. The van der Waals surface area contributed by atoms with Crippen LogP contribution in [0.1, 0.15) is 25.7 Å². The average molecular weight is 214 g/mol. The maximum atomic E-state index is 11.4. The Labute approximate surface area is 87.6 Å². The van der Waals surface area contributed by atoms with Crippen LogP contribution in [0.5, 0.6) is 0 Å². The van der Waals surface area contributed by atoms with Crippen molar-refractivity contribution in [2.45, 2.75) is 25.7 Å². The van der Waals surface area contributed by atoms with Crippen LogP contribution in [0, 0.1) is 0 Å². The first-order valence-corrected chi connectivity index (χ1v) is 6.02. The molecule has 2 heterocycles. The van der Waals surface area contributed by atoms with Gasteiger partial charge in [-0.1, -0.05) is 24.6 Å². The average Bonchev–Trinajstić information content (AvgIpc) is 2.45. The second-order valence-electron chi connectivity index (χ2n) is 3.63. The van der Waals surface area contributed by atoms with Crippen molar-refractivity contribution >= 4 is 22.9 Å². The summed E-state index contributed by atoms with van der Waals surface area (Å²) in [6, 6.07) is 0. The highest BCUT2D eigenvalue weighted by Crippen LogP contribution is 2.23. The molecule has 2 aliphatic heterocycles. The summed E-state index contributed by atoms with van der Waals surface area (Å²) in [5, 5.41) is 3.16. The van der Waals surface area contributed by atoms with Crippen molar-refractivity contribution in [1.82, 2.24) is 10.0 Å². The van der Waals surface area contributed by atoms with Gasteiger partial charge in [-0.25, -0.2) is 5.01 Å².